The fourth-order valence-electron chi connectivity index (χ4n) is 2.18. The molecule has 1 saturated heterocycles. The predicted octanol–water partition coefficient (Wildman–Crippen LogP) is 1.95. The molecule has 1 atom stereocenters. The second kappa shape index (κ2) is 5.87. The van der Waals surface area contributed by atoms with Gasteiger partial charge in [0.25, 0.3) is 0 Å². The summed E-state index contributed by atoms with van der Waals surface area (Å²) in [7, 11) is 3.63. The largest absolute Gasteiger partial charge is 0.497 e. The predicted molar refractivity (Wildman–Crippen MR) is 68.9 cm³/mol. The number of benzene rings is 1. The SMILES string of the molecule is COc1cccc(C(=O)O[C@H]2CCCN(C)C2)c1. The molecule has 1 fully saturated rings. The molecule has 0 spiro atoms. The first-order valence-electron chi connectivity index (χ1n) is 6.22. The van der Waals surface area contributed by atoms with E-state index in [-0.39, 0.29) is 12.1 Å². The minimum atomic E-state index is -0.269. The molecular formula is C14H19NO3. The fraction of sp³-hybridized carbons (Fsp3) is 0.500. The monoisotopic (exact) mass is 249 g/mol. The van der Waals surface area contributed by atoms with Crippen LogP contribution in [0.25, 0.3) is 0 Å². The lowest BCUT2D eigenvalue weighted by molar-refractivity contribution is 0.0108. The zero-order valence-corrected chi connectivity index (χ0v) is 10.9. The number of piperidine rings is 1. The van der Waals surface area contributed by atoms with E-state index in [4.69, 9.17) is 9.47 Å². The van der Waals surface area contributed by atoms with Gasteiger partial charge in [0.2, 0.25) is 0 Å². The van der Waals surface area contributed by atoms with E-state index in [1.807, 2.05) is 13.1 Å². The average Bonchev–Trinajstić information content (AvgIpc) is 2.39. The summed E-state index contributed by atoms with van der Waals surface area (Å²) in [5, 5.41) is 0. The summed E-state index contributed by atoms with van der Waals surface area (Å²) < 4.78 is 10.6. The number of likely N-dealkylation sites (tertiary alicyclic amines) is 1. The molecule has 1 aliphatic heterocycles. The van der Waals surface area contributed by atoms with Crippen LogP contribution in [0.15, 0.2) is 24.3 Å². The molecule has 1 heterocycles. The molecule has 0 unspecified atom stereocenters. The number of hydrogen-bond acceptors (Lipinski definition) is 4. The summed E-state index contributed by atoms with van der Waals surface area (Å²) in [6.45, 7) is 1.89. The van der Waals surface area contributed by atoms with Crippen LogP contribution in [-0.4, -0.2) is 44.2 Å². The summed E-state index contributed by atoms with van der Waals surface area (Å²) in [5.41, 5.74) is 0.544. The lowest BCUT2D eigenvalue weighted by Gasteiger charge is -2.29. The van der Waals surface area contributed by atoms with Crippen LogP contribution in [0.1, 0.15) is 23.2 Å². The smallest absolute Gasteiger partial charge is 0.338 e. The number of rotatable bonds is 3. The Labute approximate surface area is 107 Å². The summed E-state index contributed by atoms with van der Waals surface area (Å²) in [4.78, 5) is 14.2. The number of nitrogens with zero attached hydrogens (tertiary/aromatic N) is 1. The Morgan fingerprint density at radius 3 is 3.00 bits per heavy atom. The molecular weight excluding hydrogens is 230 g/mol. The third-order valence-corrected chi connectivity index (χ3v) is 3.16. The highest BCUT2D eigenvalue weighted by Crippen LogP contribution is 2.17. The van der Waals surface area contributed by atoms with Crippen LogP contribution in [0.5, 0.6) is 5.75 Å². The Kier molecular flexibility index (Phi) is 4.20. The van der Waals surface area contributed by atoms with Crippen molar-refractivity contribution in [3.05, 3.63) is 29.8 Å². The molecule has 4 nitrogen and oxygen atoms in total. The second-order valence-electron chi connectivity index (χ2n) is 4.66. The van der Waals surface area contributed by atoms with E-state index in [0.29, 0.717) is 11.3 Å². The summed E-state index contributed by atoms with van der Waals surface area (Å²) >= 11 is 0. The maximum Gasteiger partial charge on any atom is 0.338 e. The van der Waals surface area contributed by atoms with E-state index < -0.39 is 0 Å². The van der Waals surface area contributed by atoms with Crippen LogP contribution in [-0.2, 0) is 4.74 Å². The Bertz CT molecular complexity index is 419. The van der Waals surface area contributed by atoms with Crippen LogP contribution < -0.4 is 4.74 Å². The highest BCUT2D eigenvalue weighted by Gasteiger charge is 2.21. The van der Waals surface area contributed by atoms with Crippen molar-refractivity contribution >= 4 is 5.97 Å². The van der Waals surface area contributed by atoms with Crippen molar-refractivity contribution < 1.29 is 14.3 Å². The maximum absolute atomic E-state index is 12.0. The van der Waals surface area contributed by atoms with Gasteiger partial charge in [0.1, 0.15) is 11.9 Å². The van der Waals surface area contributed by atoms with Gasteiger partial charge >= 0.3 is 5.97 Å². The average molecular weight is 249 g/mol. The van der Waals surface area contributed by atoms with Crippen molar-refractivity contribution in [3.63, 3.8) is 0 Å². The normalized spacial score (nSPS) is 20.4. The number of carbonyl (C=O) groups excluding carboxylic acids is 1. The Hall–Kier alpha value is -1.55. The molecule has 1 aromatic rings. The molecule has 1 aromatic carbocycles. The van der Waals surface area contributed by atoms with Crippen LogP contribution in [0, 0.1) is 0 Å². The molecule has 98 valence electrons. The van der Waals surface area contributed by atoms with Crippen molar-refractivity contribution in [2.45, 2.75) is 18.9 Å². The number of carbonyl (C=O) groups is 1. The lowest BCUT2D eigenvalue weighted by Crippen LogP contribution is -2.38. The number of likely N-dealkylation sites (N-methyl/N-ethyl adjacent to an activating group) is 1. The standard InChI is InChI=1S/C14H19NO3/c1-15-8-4-7-13(10-15)18-14(16)11-5-3-6-12(9-11)17-2/h3,5-6,9,13H,4,7-8,10H2,1-2H3/t13-/m0/s1. The van der Waals surface area contributed by atoms with Crippen LogP contribution in [0.4, 0.5) is 0 Å². The number of ether oxygens (including phenoxy) is 2. The van der Waals surface area contributed by atoms with Crippen molar-refractivity contribution in [2.24, 2.45) is 0 Å². The first kappa shape index (κ1) is 12.9. The molecule has 0 amide bonds. The molecule has 0 aliphatic carbocycles. The zero-order chi connectivity index (χ0) is 13.0. The van der Waals surface area contributed by atoms with Gasteiger partial charge in [-0.05, 0) is 44.6 Å². The Morgan fingerprint density at radius 2 is 2.28 bits per heavy atom. The van der Waals surface area contributed by atoms with Crippen molar-refractivity contribution in [1.82, 2.24) is 4.90 Å². The lowest BCUT2D eigenvalue weighted by atomic mass is 10.1. The number of methoxy groups -OCH3 is 1. The maximum atomic E-state index is 12.0. The van der Waals surface area contributed by atoms with Crippen molar-refractivity contribution in [1.29, 1.82) is 0 Å². The Morgan fingerprint density at radius 1 is 1.44 bits per heavy atom. The van der Waals surface area contributed by atoms with Gasteiger partial charge in [0, 0.05) is 6.54 Å². The Balaban J connectivity index is 1.98. The molecule has 18 heavy (non-hydrogen) atoms. The molecule has 4 heteroatoms. The van der Waals surface area contributed by atoms with Gasteiger partial charge in [0.05, 0.1) is 12.7 Å². The van der Waals surface area contributed by atoms with Gasteiger partial charge in [-0.15, -0.1) is 0 Å². The van der Waals surface area contributed by atoms with Crippen molar-refractivity contribution in [2.75, 3.05) is 27.2 Å². The highest BCUT2D eigenvalue weighted by molar-refractivity contribution is 5.90. The van der Waals surface area contributed by atoms with Crippen LogP contribution in [0.2, 0.25) is 0 Å². The summed E-state index contributed by atoms with van der Waals surface area (Å²) in [6, 6.07) is 7.06. The van der Waals surface area contributed by atoms with E-state index >= 15 is 0 Å². The van der Waals surface area contributed by atoms with Gasteiger partial charge in [-0.25, -0.2) is 4.79 Å². The first-order valence-corrected chi connectivity index (χ1v) is 6.22. The van der Waals surface area contributed by atoms with Crippen molar-refractivity contribution in [3.8, 4) is 5.75 Å². The third kappa shape index (κ3) is 3.23. The summed E-state index contributed by atoms with van der Waals surface area (Å²) in [5.74, 6) is 0.402. The first-order chi connectivity index (χ1) is 8.69. The van der Waals surface area contributed by atoms with E-state index in [1.54, 1.807) is 25.3 Å². The van der Waals surface area contributed by atoms with E-state index in [9.17, 15) is 4.79 Å². The fourth-order valence-corrected chi connectivity index (χ4v) is 2.18. The zero-order valence-electron chi connectivity index (χ0n) is 10.9. The molecule has 0 aromatic heterocycles. The van der Waals surface area contributed by atoms with Gasteiger partial charge in [-0.1, -0.05) is 6.07 Å². The minimum absolute atomic E-state index is 0.00227. The minimum Gasteiger partial charge on any atom is -0.497 e. The van der Waals surface area contributed by atoms with E-state index in [1.165, 1.54) is 0 Å². The molecule has 0 N–H and O–H groups in total. The van der Waals surface area contributed by atoms with Gasteiger partial charge < -0.3 is 14.4 Å². The van der Waals surface area contributed by atoms with Crippen LogP contribution in [0.3, 0.4) is 0 Å². The van der Waals surface area contributed by atoms with E-state index in [0.717, 1.165) is 25.9 Å². The second-order valence-corrected chi connectivity index (χ2v) is 4.66. The van der Waals surface area contributed by atoms with Gasteiger partial charge in [-0.2, -0.15) is 0 Å². The molecule has 1 aliphatic rings. The topological polar surface area (TPSA) is 38.8 Å². The molecule has 0 bridgehead atoms. The number of esters is 1. The quantitative estimate of drug-likeness (QED) is 0.767. The van der Waals surface area contributed by atoms with Gasteiger partial charge in [-0.3, -0.25) is 0 Å². The summed E-state index contributed by atoms with van der Waals surface area (Å²) in [6.07, 6.45) is 2.02. The third-order valence-electron chi connectivity index (χ3n) is 3.16. The number of hydrogen-bond donors (Lipinski definition) is 0. The van der Waals surface area contributed by atoms with Crippen LogP contribution >= 0.6 is 0 Å². The highest BCUT2D eigenvalue weighted by atomic mass is 16.5. The molecule has 2 rings (SSSR count). The van der Waals surface area contributed by atoms with Gasteiger partial charge in [0.15, 0.2) is 0 Å². The molecule has 0 radical (unpaired) electrons. The molecule has 0 saturated carbocycles. The van der Waals surface area contributed by atoms with E-state index in [2.05, 4.69) is 4.90 Å².